The highest BCUT2D eigenvalue weighted by Gasteiger charge is 2.27. The average Bonchev–Trinajstić information content (AvgIpc) is 2.61. The summed E-state index contributed by atoms with van der Waals surface area (Å²) in [5.41, 5.74) is 1.54. The number of likely N-dealkylation sites (N-methyl/N-ethyl adjacent to an activating group) is 1. The molecule has 0 saturated heterocycles. The van der Waals surface area contributed by atoms with Crippen LogP contribution in [0.5, 0.6) is 0 Å². The number of aliphatic hydroxyl groups excluding tert-OH is 1. The molecule has 0 heterocycles. The lowest BCUT2D eigenvalue weighted by Gasteiger charge is -2.05. The van der Waals surface area contributed by atoms with Gasteiger partial charge in [-0.15, -0.1) is 3.89 Å². The summed E-state index contributed by atoms with van der Waals surface area (Å²) in [5.74, 6) is -0.724. The lowest BCUT2D eigenvalue weighted by Crippen LogP contribution is -2.19. The van der Waals surface area contributed by atoms with Crippen LogP contribution in [-0.2, 0) is 20.0 Å². The molecule has 0 spiro atoms. The number of hydrogen-bond donors (Lipinski definition) is 1. The van der Waals surface area contributed by atoms with E-state index < -0.39 is 16.5 Å². The molecule has 1 N–H and O–H groups in total. The van der Waals surface area contributed by atoms with Gasteiger partial charge in [-0.25, -0.2) is 13.2 Å². The van der Waals surface area contributed by atoms with Crippen molar-refractivity contribution in [2.24, 2.45) is 0 Å². The first kappa shape index (κ1) is 22.0. The Balaban J connectivity index is 0.000000646. The van der Waals surface area contributed by atoms with E-state index in [0.29, 0.717) is 5.56 Å². The monoisotopic (exact) mass is 395 g/mol. The lowest BCUT2D eigenvalue weighted by atomic mass is 10.1. The third-order valence-corrected chi connectivity index (χ3v) is 3.15. The van der Waals surface area contributed by atoms with E-state index in [-0.39, 0.29) is 11.5 Å². The van der Waals surface area contributed by atoms with Crippen molar-refractivity contribution < 1.29 is 36.1 Å². The lowest BCUT2D eigenvalue weighted by molar-refractivity contribution is -0.434. The molecule has 144 valence electrons. The molecule has 0 aliphatic carbocycles. The number of benzene rings is 2. The molecule has 0 fully saturated rings. The molecule has 0 atom stereocenters. The van der Waals surface area contributed by atoms with Crippen molar-refractivity contribution in [3.05, 3.63) is 77.5 Å². The number of ether oxygens (including phenoxy) is 1. The first-order valence-corrected chi connectivity index (χ1v) is 8.79. The quantitative estimate of drug-likeness (QED) is 0.162. The molecule has 2 rings (SSSR count). The number of carbonyl (C=O) groups excluding carboxylic acids is 1. The van der Waals surface area contributed by atoms with Gasteiger partial charge in [-0.05, 0) is 12.1 Å². The second-order valence-corrected chi connectivity index (χ2v) is 5.88. The maximum atomic E-state index is 12.1. The number of rotatable bonds is 4. The summed E-state index contributed by atoms with van der Waals surface area (Å²) in [7, 11) is -2.44. The number of methoxy groups -OCH3 is 1. The van der Waals surface area contributed by atoms with Gasteiger partial charge in [0.2, 0.25) is 5.76 Å². The second kappa shape index (κ2) is 10.2. The van der Waals surface area contributed by atoms with Gasteiger partial charge < -0.3 is 14.4 Å². The normalized spacial score (nSPS) is 12.4. The van der Waals surface area contributed by atoms with Crippen LogP contribution in [0.25, 0.3) is 5.76 Å². The third-order valence-electron chi connectivity index (χ3n) is 3.15. The van der Waals surface area contributed by atoms with E-state index in [1.54, 1.807) is 42.1 Å². The number of carbonyl (C=O) groups is 1. The Morgan fingerprint density at radius 2 is 1.56 bits per heavy atom. The molecule has 2 aromatic carbocycles. The standard InChI is InChI=1S/C18H17NO3.FHO3S/c1-19(13-14-9-5-3-6-10-14)16(18(21)22-2)17(20)15-11-7-4-8-12-15;1-5(2,3)4/h3-13H,1-2H3;(H,2,3,4). The highest BCUT2D eigenvalue weighted by molar-refractivity contribution is 7.80. The zero-order valence-corrected chi connectivity index (χ0v) is 15.4. The van der Waals surface area contributed by atoms with Crippen molar-refractivity contribution in [1.29, 1.82) is 0 Å². The largest absolute Gasteiger partial charge is 0.722 e. The van der Waals surface area contributed by atoms with E-state index in [2.05, 4.69) is 0 Å². The number of nitrogens with zero attached hydrogens (tertiary/aromatic N) is 1. The van der Waals surface area contributed by atoms with Gasteiger partial charge in [0.25, 0.3) is 10.5 Å². The molecule has 0 unspecified atom stereocenters. The maximum absolute atomic E-state index is 12.1. The Morgan fingerprint density at radius 3 is 2.00 bits per heavy atom. The van der Waals surface area contributed by atoms with Gasteiger partial charge in [-0.2, -0.15) is 4.58 Å². The van der Waals surface area contributed by atoms with E-state index in [4.69, 9.17) is 17.7 Å². The van der Waals surface area contributed by atoms with Crippen LogP contribution in [0.1, 0.15) is 11.1 Å². The number of hydrogen-bond acceptors (Lipinski definition) is 6. The van der Waals surface area contributed by atoms with Crippen LogP contribution in [0.2, 0.25) is 0 Å². The Labute approximate surface area is 156 Å². The minimum absolute atomic E-state index is 0.0811. The summed E-state index contributed by atoms with van der Waals surface area (Å²) in [6, 6.07) is 18.4. The van der Waals surface area contributed by atoms with Crippen LogP contribution in [0.4, 0.5) is 3.89 Å². The van der Waals surface area contributed by atoms with Crippen molar-refractivity contribution in [1.82, 2.24) is 0 Å². The van der Waals surface area contributed by atoms with E-state index in [1.165, 1.54) is 7.11 Å². The Hall–Kier alpha value is -3.04. The molecule has 27 heavy (non-hydrogen) atoms. The minimum Gasteiger partial charge on any atom is -0.722 e. The van der Waals surface area contributed by atoms with Crippen LogP contribution in [0.3, 0.4) is 0 Å². The summed E-state index contributed by atoms with van der Waals surface area (Å²) in [4.78, 5) is 12.1. The zero-order valence-electron chi connectivity index (χ0n) is 14.6. The van der Waals surface area contributed by atoms with Crippen molar-refractivity contribution in [3.8, 4) is 0 Å². The summed E-state index contributed by atoms with van der Waals surface area (Å²) >= 11 is 0. The van der Waals surface area contributed by atoms with Gasteiger partial charge in [0, 0.05) is 11.1 Å². The number of esters is 1. The van der Waals surface area contributed by atoms with Crippen LogP contribution in [0, 0.1) is 0 Å². The Bertz CT molecular complexity index is 917. The predicted molar refractivity (Wildman–Crippen MR) is 96.6 cm³/mol. The zero-order chi connectivity index (χ0) is 20.4. The molecular weight excluding hydrogens is 377 g/mol. The first-order valence-electron chi connectivity index (χ1n) is 7.48. The van der Waals surface area contributed by atoms with Crippen LogP contribution < -0.4 is 0 Å². The van der Waals surface area contributed by atoms with E-state index in [1.807, 2.05) is 36.4 Å². The van der Waals surface area contributed by atoms with Crippen molar-refractivity contribution in [2.75, 3.05) is 14.2 Å². The van der Waals surface area contributed by atoms with Crippen LogP contribution in [-0.4, -0.2) is 49.0 Å². The molecule has 0 aliphatic heterocycles. The average molecular weight is 395 g/mol. The third kappa shape index (κ3) is 8.25. The van der Waals surface area contributed by atoms with Crippen molar-refractivity contribution >= 4 is 28.4 Å². The summed E-state index contributed by atoms with van der Waals surface area (Å²) in [6.07, 6.45) is 1.76. The molecule has 0 radical (unpaired) electrons. The fourth-order valence-electron chi connectivity index (χ4n) is 2.06. The molecule has 0 aliphatic rings. The molecule has 7 nitrogen and oxygen atoms in total. The fourth-order valence-corrected chi connectivity index (χ4v) is 2.06. The molecular formula is C18H18FNO6S. The maximum Gasteiger partial charge on any atom is 0.407 e. The van der Waals surface area contributed by atoms with Gasteiger partial charge in [-0.1, -0.05) is 48.5 Å². The van der Waals surface area contributed by atoms with Gasteiger partial charge in [0.15, 0.2) is 6.21 Å². The highest BCUT2D eigenvalue weighted by atomic mass is 32.3. The molecule has 2 aromatic rings. The van der Waals surface area contributed by atoms with E-state index in [0.717, 1.165) is 5.56 Å². The molecule has 0 saturated carbocycles. The molecule has 0 amide bonds. The highest BCUT2D eigenvalue weighted by Crippen LogP contribution is 2.17. The van der Waals surface area contributed by atoms with Gasteiger partial charge in [0.1, 0.15) is 7.05 Å². The minimum atomic E-state index is -5.42. The molecule has 9 heteroatoms. The summed E-state index contributed by atoms with van der Waals surface area (Å²) in [5, 5.41) is 10.4. The summed E-state index contributed by atoms with van der Waals surface area (Å²) < 4.78 is 41.7. The molecule has 0 bridgehead atoms. The van der Waals surface area contributed by atoms with E-state index >= 15 is 0 Å². The Kier molecular flexibility index (Phi) is 8.31. The van der Waals surface area contributed by atoms with Crippen molar-refractivity contribution in [2.45, 2.75) is 0 Å². The van der Waals surface area contributed by atoms with E-state index in [9.17, 15) is 13.8 Å². The van der Waals surface area contributed by atoms with Gasteiger partial charge in [-0.3, -0.25) is 0 Å². The van der Waals surface area contributed by atoms with Gasteiger partial charge >= 0.3 is 11.7 Å². The second-order valence-electron chi connectivity index (χ2n) is 5.10. The first-order chi connectivity index (χ1) is 12.6. The number of aliphatic hydroxyl groups is 1. The fraction of sp³-hybridized carbons (Fsp3) is 0.111. The van der Waals surface area contributed by atoms with Crippen LogP contribution in [0.15, 0.2) is 66.4 Å². The van der Waals surface area contributed by atoms with Gasteiger partial charge in [0.05, 0.1) is 7.11 Å². The Morgan fingerprint density at radius 1 is 1.11 bits per heavy atom. The predicted octanol–water partition coefficient (Wildman–Crippen LogP) is 2.26. The van der Waals surface area contributed by atoms with Crippen molar-refractivity contribution in [3.63, 3.8) is 0 Å². The smallest absolute Gasteiger partial charge is 0.407 e. The topological polar surface area (TPSA) is 107 Å². The SMILES string of the molecule is COC(=O)/C(=C(/O)c1ccccc1)[N+](C)=Cc1ccccc1.O=S(=O)([O-])F. The molecule has 0 aromatic heterocycles. The summed E-state index contributed by atoms with van der Waals surface area (Å²) in [6.45, 7) is 0. The van der Waals surface area contributed by atoms with Crippen LogP contribution >= 0.6 is 0 Å². The number of halogens is 1.